The number of likely N-dealkylation sites (tertiary alicyclic amines) is 1. The molecule has 22 heavy (non-hydrogen) atoms. The number of nitrogens with zero attached hydrogens (tertiary/aromatic N) is 1. The Bertz CT molecular complexity index is 449. The third-order valence-electron chi connectivity index (χ3n) is 5.44. The van der Waals surface area contributed by atoms with Gasteiger partial charge in [0.05, 0.1) is 12.1 Å². The second-order valence-electron chi connectivity index (χ2n) is 6.84. The molecule has 2 atom stereocenters. The molecule has 0 spiro atoms. The van der Waals surface area contributed by atoms with Gasteiger partial charge in [-0.1, -0.05) is 31.4 Å². The quantitative estimate of drug-likeness (QED) is 0.791. The minimum absolute atomic E-state index is 0.157. The van der Waals surface area contributed by atoms with E-state index in [1.807, 2.05) is 19.2 Å². The van der Waals surface area contributed by atoms with E-state index in [0.717, 1.165) is 13.1 Å². The molecule has 0 amide bonds. The first-order valence-electron chi connectivity index (χ1n) is 8.82. The van der Waals surface area contributed by atoms with Crippen LogP contribution in [0.4, 0.5) is 4.39 Å². The number of benzene rings is 1. The first-order chi connectivity index (χ1) is 10.8. The van der Waals surface area contributed by atoms with Crippen LogP contribution < -0.4 is 0 Å². The van der Waals surface area contributed by atoms with Gasteiger partial charge in [-0.2, -0.15) is 0 Å². The zero-order valence-electron chi connectivity index (χ0n) is 13.6. The maximum absolute atomic E-state index is 13.3. The van der Waals surface area contributed by atoms with Crippen LogP contribution in [-0.2, 0) is 4.74 Å². The van der Waals surface area contributed by atoms with Crippen molar-refractivity contribution in [2.45, 2.75) is 57.1 Å². The van der Waals surface area contributed by atoms with E-state index in [1.54, 1.807) is 12.1 Å². The Labute approximate surface area is 133 Å². The summed E-state index contributed by atoms with van der Waals surface area (Å²) in [5, 5.41) is 0. The summed E-state index contributed by atoms with van der Waals surface area (Å²) in [5.41, 5.74) is 1.21. The number of methoxy groups -OCH3 is 1. The Kier molecular flexibility index (Phi) is 5.48. The van der Waals surface area contributed by atoms with Crippen LogP contribution in [0, 0.1) is 11.7 Å². The van der Waals surface area contributed by atoms with Crippen LogP contribution in [0.2, 0.25) is 0 Å². The first kappa shape index (κ1) is 15.9. The van der Waals surface area contributed by atoms with Crippen LogP contribution in [0.5, 0.6) is 0 Å². The smallest absolute Gasteiger partial charge is 0.123 e. The predicted molar refractivity (Wildman–Crippen MR) is 87.3 cm³/mol. The van der Waals surface area contributed by atoms with Crippen LogP contribution in [-0.4, -0.2) is 31.2 Å². The molecule has 1 saturated heterocycles. The Morgan fingerprint density at radius 3 is 2.23 bits per heavy atom. The van der Waals surface area contributed by atoms with E-state index in [-0.39, 0.29) is 18.0 Å². The van der Waals surface area contributed by atoms with Crippen LogP contribution in [0.3, 0.4) is 0 Å². The molecule has 0 aromatic heterocycles. The summed E-state index contributed by atoms with van der Waals surface area (Å²) >= 11 is 0. The zero-order valence-corrected chi connectivity index (χ0v) is 13.6. The molecule has 1 unspecified atom stereocenters. The second-order valence-corrected chi connectivity index (χ2v) is 6.84. The molecule has 0 N–H and O–H groups in total. The van der Waals surface area contributed by atoms with Crippen molar-refractivity contribution in [3.05, 3.63) is 35.6 Å². The summed E-state index contributed by atoms with van der Waals surface area (Å²) in [7, 11) is 1.85. The topological polar surface area (TPSA) is 12.5 Å². The van der Waals surface area contributed by atoms with E-state index in [2.05, 4.69) is 4.90 Å². The number of halogens is 1. The highest BCUT2D eigenvalue weighted by atomic mass is 19.1. The molecule has 1 saturated carbocycles. The molecule has 3 heteroatoms. The second kappa shape index (κ2) is 7.56. The fraction of sp³-hybridized carbons (Fsp3) is 0.684. The van der Waals surface area contributed by atoms with E-state index in [9.17, 15) is 4.39 Å². The molecular weight excluding hydrogens is 277 g/mol. The van der Waals surface area contributed by atoms with Crippen molar-refractivity contribution in [2.75, 3.05) is 20.2 Å². The maximum atomic E-state index is 13.3. The van der Waals surface area contributed by atoms with E-state index in [1.165, 1.54) is 50.5 Å². The highest BCUT2D eigenvalue weighted by Crippen LogP contribution is 2.38. The summed E-state index contributed by atoms with van der Waals surface area (Å²) in [6.45, 7) is 2.27. The fourth-order valence-corrected chi connectivity index (χ4v) is 4.33. The van der Waals surface area contributed by atoms with Gasteiger partial charge < -0.3 is 4.74 Å². The van der Waals surface area contributed by atoms with Gasteiger partial charge in [-0.05, 0) is 62.4 Å². The molecular formula is C19H28FNO. The van der Waals surface area contributed by atoms with Crippen molar-refractivity contribution in [1.82, 2.24) is 4.90 Å². The highest BCUT2D eigenvalue weighted by molar-refractivity contribution is 5.22. The summed E-state index contributed by atoms with van der Waals surface area (Å²) in [6.07, 6.45) is 9.29. The van der Waals surface area contributed by atoms with E-state index < -0.39 is 0 Å². The Hall–Kier alpha value is -0.930. The lowest BCUT2D eigenvalue weighted by atomic mass is 9.80. The molecule has 3 rings (SSSR count). The van der Waals surface area contributed by atoms with Crippen molar-refractivity contribution in [3.63, 3.8) is 0 Å². The molecule has 1 heterocycles. The van der Waals surface area contributed by atoms with Crippen LogP contribution in [0.1, 0.15) is 56.6 Å². The molecule has 1 aliphatic heterocycles. The number of hydrogen-bond donors (Lipinski definition) is 0. The number of hydrogen-bond acceptors (Lipinski definition) is 2. The van der Waals surface area contributed by atoms with Crippen LogP contribution in [0.25, 0.3) is 0 Å². The highest BCUT2D eigenvalue weighted by Gasteiger charge is 2.36. The molecule has 122 valence electrons. The predicted octanol–water partition coefficient (Wildman–Crippen LogP) is 4.56. The van der Waals surface area contributed by atoms with Crippen molar-refractivity contribution < 1.29 is 9.13 Å². The fourth-order valence-electron chi connectivity index (χ4n) is 4.33. The Balaban J connectivity index is 1.86. The SMILES string of the molecule is COC(C1CCCCC1)[C@H](c1ccc(F)cc1)N1CCCC1. The van der Waals surface area contributed by atoms with Gasteiger partial charge in [-0.25, -0.2) is 4.39 Å². The van der Waals surface area contributed by atoms with Gasteiger partial charge >= 0.3 is 0 Å². The summed E-state index contributed by atoms with van der Waals surface area (Å²) in [5.74, 6) is 0.477. The normalized spacial score (nSPS) is 23.5. The maximum Gasteiger partial charge on any atom is 0.123 e. The Morgan fingerprint density at radius 2 is 1.64 bits per heavy atom. The molecule has 1 aromatic rings. The van der Waals surface area contributed by atoms with Crippen LogP contribution >= 0.6 is 0 Å². The molecule has 2 fully saturated rings. The summed E-state index contributed by atoms with van der Waals surface area (Å²) in [6, 6.07) is 7.36. The van der Waals surface area contributed by atoms with Crippen molar-refractivity contribution >= 4 is 0 Å². The van der Waals surface area contributed by atoms with Gasteiger partial charge in [0.2, 0.25) is 0 Å². The minimum atomic E-state index is -0.157. The monoisotopic (exact) mass is 305 g/mol. The van der Waals surface area contributed by atoms with E-state index in [0.29, 0.717) is 5.92 Å². The largest absolute Gasteiger partial charge is 0.379 e. The Morgan fingerprint density at radius 1 is 1.00 bits per heavy atom. The average molecular weight is 305 g/mol. The van der Waals surface area contributed by atoms with E-state index in [4.69, 9.17) is 4.74 Å². The lowest BCUT2D eigenvalue weighted by Crippen LogP contribution is -2.40. The third kappa shape index (κ3) is 3.52. The summed E-state index contributed by atoms with van der Waals surface area (Å²) < 4.78 is 19.3. The van der Waals surface area contributed by atoms with Gasteiger partial charge in [0.25, 0.3) is 0 Å². The lowest BCUT2D eigenvalue weighted by Gasteiger charge is -2.39. The number of ether oxygens (including phenoxy) is 1. The molecule has 0 radical (unpaired) electrons. The molecule has 0 bridgehead atoms. The van der Waals surface area contributed by atoms with Gasteiger partial charge in [-0.15, -0.1) is 0 Å². The lowest BCUT2D eigenvalue weighted by molar-refractivity contribution is -0.0276. The first-order valence-corrected chi connectivity index (χ1v) is 8.82. The molecule has 2 nitrogen and oxygen atoms in total. The molecule has 1 aromatic carbocycles. The molecule has 2 aliphatic rings. The molecule has 1 aliphatic carbocycles. The average Bonchev–Trinajstić information content (AvgIpc) is 3.08. The van der Waals surface area contributed by atoms with E-state index >= 15 is 0 Å². The zero-order chi connectivity index (χ0) is 15.4. The van der Waals surface area contributed by atoms with Crippen molar-refractivity contribution in [2.24, 2.45) is 5.92 Å². The number of rotatable bonds is 5. The van der Waals surface area contributed by atoms with Gasteiger partial charge in [-0.3, -0.25) is 4.90 Å². The summed E-state index contributed by atoms with van der Waals surface area (Å²) in [4.78, 5) is 2.55. The van der Waals surface area contributed by atoms with Gasteiger partial charge in [0, 0.05) is 7.11 Å². The van der Waals surface area contributed by atoms with Crippen LogP contribution in [0.15, 0.2) is 24.3 Å². The van der Waals surface area contributed by atoms with Crippen molar-refractivity contribution in [1.29, 1.82) is 0 Å². The van der Waals surface area contributed by atoms with Gasteiger partial charge in [0.1, 0.15) is 5.82 Å². The van der Waals surface area contributed by atoms with Gasteiger partial charge in [0.15, 0.2) is 0 Å². The minimum Gasteiger partial charge on any atom is -0.379 e. The standard InChI is InChI=1S/C19H28FNO/c1-22-19(16-7-3-2-4-8-16)18(21-13-5-6-14-21)15-9-11-17(20)12-10-15/h9-12,16,18-19H,2-8,13-14H2,1H3/t18-,19?/m0/s1. The third-order valence-corrected chi connectivity index (χ3v) is 5.44. The van der Waals surface area contributed by atoms with Crippen molar-refractivity contribution in [3.8, 4) is 0 Å².